The fourth-order valence-corrected chi connectivity index (χ4v) is 3.71. The molecule has 0 heterocycles. The number of aliphatic carboxylic acids is 1. The van der Waals surface area contributed by atoms with E-state index in [4.69, 9.17) is 14.4 Å². The average Bonchev–Trinajstić information content (AvgIpc) is 2.62. The molecule has 0 aliphatic carbocycles. The molecule has 0 rings (SSSR count). The molecule has 0 saturated carbocycles. The predicted octanol–water partition coefficient (Wildman–Crippen LogP) is 2.21. The highest BCUT2D eigenvalue weighted by Gasteiger charge is 2.35. The van der Waals surface area contributed by atoms with Crippen LogP contribution in [0.15, 0.2) is 0 Å². The zero-order chi connectivity index (χ0) is 20.5. The van der Waals surface area contributed by atoms with Crippen molar-refractivity contribution in [3.63, 3.8) is 0 Å². The first kappa shape index (κ1) is 25.8. The number of hydrogen-bond acceptors (Lipinski definition) is 6. The first-order chi connectivity index (χ1) is 12.8. The van der Waals surface area contributed by atoms with Crippen LogP contribution in [-0.2, 0) is 23.9 Å². The Bertz CT molecular complexity index is 508. The molecule has 8 nitrogen and oxygen atoms in total. The Hall–Kier alpha value is -1.19. The Morgan fingerprint density at radius 3 is 1.96 bits per heavy atom. The van der Waals surface area contributed by atoms with Crippen molar-refractivity contribution in [3.8, 4) is 0 Å². The minimum Gasteiger partial charge on any atom is -0.480 e. The summed E-state index contributed by atoms with van der Waals surface area (Å²) in [6.45, 7) is 1.73. The molecular weight excluding hydrogens is 374 g/mol. The van der Waals surface area contributed by atoms with E-state index in [2.05, 4.69) is 12.2 Å². The van der Waals surface area contributed by atoms with E-state index < -0.39 is 33.7 Å². The molecule has 0 aromatic heterocycles. The number of aliphatic hydroxyl groups excluding tert-OH is 1. The molecule has 0 aromatic carbocycles. The second-order valence-electron chi connectivity index (χ2n) is 6.60. The van der Waals surface area contributed by atoms with E-state index in [1.165, 1.54) is 38.5 Å². The molecule has 0 aliphatic heterocycles. The van der Waals surface area contributed by atoms with Crippen molar-refractivity contribution in [2.24, 2.45) is 0 Å². The van der Waals surface area contributed by atoms with E-state index >= 15 is 0 Å². The second-order valence-corrected chi connectivity index (χ2v) is 8.39. The van der Waals surface area contributed by atoms with Crippen LogP contribution in [0.3, 0.4) is 0 Å². The molecule has 0 aromatic rings. The molecule has 1 atom stereocenters. The molecule has 160 valence electrons. The number of hydrogen-bond donors (Lipinski definition) is 3. The number of aliphatic hydroxyl groups is 1. The first-order valence-electron chi connectivity index (χ1n) is 9.83. The van der Waals surface area contributed by atoms with Crippen LogP contribution in [-0.4, -0.2) is 55.5 Å². The Labute approximate surface area is 162 Å². The topological polar surface area (TPSA) is 130 Å². The SMILES string of the molecule is CCCCCCCCCCCCOS(=O)(=O)C(CC(=O)NCCO)C(=O)O. The molecule has 0 bridgehead atoms. The zero-order valence-electron chi connectivity index (χ0n) is 16.3. The third-order valence-corrected chi connectivity index (χ3v) is 5.73. The van der Waals surface area contributed by atoms with Gasteiger partial charge in [-0.25, -0.2) is 0 Å². The lowest BCUT2D eigenvalue weighted by Gasteiger charge is -2.13. The Morgan fingerprint density at radius 2 is 1.48 bits per heavy atom. The van der Waals surface area contributed by atoms with E-state index in [0.717, 1.165) is 19.3 Å². The van der Waals surface area contributed by atoms with Crippen LogP contribution in [0.4, 0.5) is 0 Å². The quantitative estimate of drug-likeness (QED) is 0.234. The molecule has 27 heavy (non-hydrogen) atoms. The van der Waals surface area contributed by atoms with Gasteiger partial charge in [-0.3, -0.25) is 13.8 Å². The summed E-state index contributed by atoms with van der Waals surface area (Å²) in [4.78, 5) is 22.7. The molecule has 0 saturated heterocycles. The number of carboxylic acid groups (broad SMARTS) is 1. The van der Waals surface area contributed by atoms with Crippen LogP contribution in [0, 0.1) is 0 Å². The van der Waals surface area contributed by atoms with Crippen molar-refractivity contribution < 1.29 is 32.4 Å². The molecule has 0 fully saturated rings. The Balaban J connectivity index is 4.01. The van der Waals surface area contributed by atoms with Crippen molar-refractivity contribution in [2.75, 3.05) is 19.8 Å². The molecule has 3 N–H and O–H groups in total. The maximum Gasteiger partial charge on any atom is 0.324 e. The van der Waals surface area contributed by atoms with E-state index in [0.29, 0.717) is 6.42 Å². The molecule has 0 spiro atoms. The largest absolute Gasteiger partial charge is 0.480 e. The fraction of sp³-hybridized carbons (Fsp3) is 0.889. The Kier molecular flexibility index (Phi) is 15.1. The van der Waals surface area contributed by atoms with Crippen molar-refractivity contribution >= 4 is 22.0 Å². The van der Waals surface area contributed by atoms with Gasteiger partial charge in [0, 0.05) is 6.54 Å². The smallest absolute Gasteiger partial charge is 0.324 e. The molecule has 0 radical (unpaired) electrons. The highest BCUT2D eigenvalue weighted by atomic mass is 32.2. The fourth-order valence-electron chi connectivity index (χ4n) is 2.60. The van der Waals surface area contributed by atoms with Gasteiger partial charge in [0.2, 0.25) is 5.91 Å². The highest BCUT2D eigenvalue weighted by Crippen LogP contribution is 2.13. The van der Waals surface area contributed by atoms with Crippen LogP contribution in [0.2, 0.25) is 0 Å². The lowest BCUT2D eigenvalue weighted by atomic mass is 10.1. The number of nitrogens with one attached hydrogen (secondary N) is 1. The summed E-state index contributed by atoms with van der Waals surface area (Å²) >= 11 is 0. The number of carboxylic acids is 1. The highest BCUT2D eigenvalue weighted by molar-refractivity contribution is 7.88. The summed E-state index contributed by atoms with van der Waals surface area (Å²) in [6, 6.07) is 0. The number of carbonyl (C=O) groups excluding carboxylic acids is 1. The van der Waals surface area contributed by atoms with Crippen molar-refractivity contribution in [1.29, 1.82) is 0 Å². The second kappa shape index (κ2) is 15.8. The number of rotatable bonds is 18. The van der Waals surface area contributed by atoms with Gasteiger partial charge >= 0.3 is 5.97 Å². The summed E-state index contributed by atoms with van der Waals surface area (Å²) < 4.78 is 28.8. The Morgan fingerprint density at radius 1 is 0.963 bits per heavy atom. The van der Waals surface area contributed by atoms with Gasteiger partial charge in [0.05, 0.1) is 19.6 Å². The van der Waals surface area contributed by atoms with Crippen LogP contribution >= 0.6 is 0 Å². The maximum absolute atomic E-state index is 12.0. The maximum atomic E-state index is 12.0. The monoisotopic (exact) mass is 409 g/mol. The van der Waals surface area contributed by atoms with Gasteiger partial charge in [-0.15, -0.1) is 0 Å². The van der Waals surface area contributed by atoms with Crippen molar-refractivity contribution in [3.05, 3.63) is 0 Å². The van der Waals surface area contributed by atoms with Crippen LogP contribution in [0.1, 0.15) is 77.6 Å². The van der Waals surface area contributed by atoms with E-state index in [9.17, 15) is 18.0 Å². The van der Waals surface area contributed by atoms with Gasteiger partial charge in [0.15, 0.2) is 5.25 Å². The number of unbranched alkanes of at least 4 members (excludes halogenated alkanes) is 9. The normalized spacial score (nSPS) is 12.7. The number of amides is 1. The lowest BCUT2D eigenvalue weighted by Crippen LogP contribution is -2.38. The van der Waals surface area contributed by atoms with Gasteiger partial charge in [-0.2, -0.15) is 8.42 Å². The summed E-state index contributed by atoms with van der Waals surface area (Å²) in [5.41, 5.74) is 0. The lowest BCUT2D eigenvalue weighted by molar-refractivity contribution is -0.138. The summed E-state index contributed by atoms with van der Waals surface area (Å²) in [6.07, 6.45) is 10.2. The zero-order valence-corrected chi connectivity index (χ0v) is 17.1. The van der Waals surface area contributed by atoms with Gasteiger partial charge < -0.3 is 15.5 Å². The summed E-state index contributed by atoms with van der Waals surface area (Å²) in [7, 11) is -4.37. The van der Waals surface area contributed by atoms with E-state index in [1.54, 1.807) is 0 Å². The third-order valence-electron chi connectivity index (χ3n) is 4.17. The molecule has 9 heteroatoms. The average molecular weight is 410 g/mol. The first-order valence-corrected chi connectivity index (χ1v) is 11.3. The predicted molar refractivity (Wildman–Crippen MR) is 103 cm³/mol. The summed E-state index contributed by atoms with van der Waals surface area (Å²) in [5.74, 6) is -2.39. The molecule has 1 unspecified atom stereocenters. The van der Waals surface area contributed by atoms with E-state index in [-0.39, 0.29) is 19.8 Å². The minimum absolute atomic E-state index is 0.0648. The van der Waals surface area contributed by atoms with Crippen LogP contribution < -0.4 is 5.32 Å². The molecule has 0 aliphatic rings. The molecular formula is C18H35NO7S. The number of carbonyl (C=O) groups is 2. The van der Waals surface area contributed by atoms with Gasteiger partial charge in [0.25, 0.3) is 10.1 Å². The van der Waals surface area contributed by atoms with Gasteiger partial charge in [-0.05, 0) is 6.42 Å². The van der Waals surface area contributed by atoms with Crippen LogP contribution in [0.25, 0.3) is 0 Å². The third kappa shape index (κ3) is 13.6. The van der Waals surface area contributed by atoms with E-state index in [1.807, 2.05) is 0 Å². The molecule has 1 amide bonds. The minimum atomic E-state index is -4.37. The van der Waals surface area contributed by atoms with Gasteiger partial charge in [0.1, 0.15) is 0 Å². The van der Waals surface area contributed by atoms with Crippen LogP contribution in [0.5, 0.6) is 0 Å². The standard InChI is InChI=1S/C18H35NO7S/c1-2-3-4-5-6-7-8-9-10-11-14-26-27(24,25)16(18(22)23)15-17(21)19-12-13-20/h16,20H,2-15H2,1H3,(H,19,21)(H,22,23). The van der Waals surface area contributed by atoms with Crippen molar-refractivity contribution in [1.82, 2.24) is 5.32 Å². The van der Waals surface area contributed by atoms with Gasteiger partial charge in [-0.1, -0.05) is 64.7 Å². The summed E-state index contributed by atoms with van der Waals surface area (Å²) in [5, 5.41) is 18.0. The van der Waals surface area contributed by atoms with Crippen molar-refractivity contribution in [2.45, 2.75) is 82.8 Å².